The van der Waals surface area contributed by atoms with Crippen LogP contribution in [0.15, 0.2) is 42.7 Å². The van der Waals surface area contributed by atoms with E-state index in [1.54, 1.807) is 0 Å². The van der Waals surface area contributed by atoms with Gasteiger partial charge in [0, 0.05) is 6.42 Å². The fourth-order valence-electron chi connectivity index (χ4n) is 1.40. The quantitative estimate of drug-likeness (QED) is 0.639. The second-order valence-electron chi connectivity index (χ2n) is 3.11. The Labute approximate surface area is 81.9 Å². The van der Waals surface area contributed by atoms with Crippen LogP contribution in [-0.2, 0) is 9.47 Å². The van der Waals surface area contributed by atoms with E-state index in [1.165, 1.54) is 0 Å². The van der Waals surface area contributed by atoms with Crippen molar-refractivity contribution in [3.8, 4) is 0 Å². The van der Waals surface area contributed by atoms with Crippen LogP contribution in [0.5, 0.6) is 0 Å². The molecule has 0 spiro atoms. The molecule has 0 unspecified atom stereocenters. The van der Waals surface area contributed by atoms with Gasteiger partial charge in [0.25, 0.3) is 0 Å². The van der Waals surface area contributed by atoms with E-state index in [1.807, 2.05) is 30.3 Å². The maximum atomic E-state index is 11.0. The van der Waals surface area contributed by atoms with Crippen LogP contribution in [0.25, 0.3) is 0 Å². The van der Waals surface area contributed by atoms with Crippen LogP contribution in [0.3, 0.4) is 0 Å². The molecule has 0 aliphatic carbocycles. The number of carbonyl (C=O) groups is 1. The molecule has 1 aromatic rings. The largest absolute Gasteiger partial charge is 0.514 e. The molecular weight excluding hydrogens is 180 g/mol. The first-order valence-corrected chi connectivity index (χ1v) is 4.37. The molecule has 0 amide bonds. The molecule has 0 bridgehead atoms. The SMILES string of the molecule is C=C1C[C@@H](c2ccccc2)OC(=O)O1. The van der Waals surface area contributed by atoms with Crippen LogP contribution in [0.4, 0.5) is 4.79 Å². The lowest BCUT2D eigenvalue weighted by molar-refractivity contribution is 0.00516. The monoisotopic (exact) mass is 190 g/mol. The Hall–Kier alpha value is -1.77. The van der Waals surface area contributed by atoms with Crippen molar-refractivity contribution < 1.29 is 14.3 Å². The maximum absolute atomic E-state index is 11.0. The summed E-state index contributed by atoms with van der Waals surface area (Å²) in [5.74, 6) is 0.454. The molecule has 0 aromatic heterocycles. The van der Waals surface area contributed by atoms with Crippen molar-refractivity contribution in [2.45, 2.75) is 12.5 Å². The molecule has 0 N–H and O–H groups in total. The van der Waals surface area contributed by atoms with Gasteiger partial charge in [-0.15, -0.1) is 0 Å². The highest BCUT2D eigenvalue weighted by Crippen LogP contribution is 2.29. The van der Waals surface area contributed by atoms with Crippen molar-refractivity contribution in [2.24, 2.45) is 0 Å². The number of rotatable bonds is 1. The molecule has 1 aromatic carbocycles. The Morgan fingerprint density at radius 3 is 2.64 bits per heavy atom. The topological polar surface area (TPSA) is 35.5 Å². The third-order valence-corrected chi connectivity index (χ3v) is 2.05. The average molecular weight is 190 g/mol. The first kappa shape index (κ1) is 8.81. The molecule has 1 atom stereocenters. The van der Waals surface area contributed by atoms with Gasteiger partial charge in [-0.05, 0) is 5.56 Å². The first-order chi connectivity index (χ1) is 6.75. The van der Waals surface area contributed by atoms with Gasteiger partial charge < -0.3 is 9.47 Å². The summed E-state index contributed by atoms with van der Waals surface area (Å²) in [6.45, 7) is 3.62. The third kappa shape index (κ3) is 1.76. The summed E-state index contributed by atoms with van der Waals surface area (Å²) in [6, 6.07) is 9.55. The molecule has 14 heavy (non-hydrogen) atoms. The van der Waals surface area contributed by atoms with Crippen LogP contribution < -0.4 is 0 Å². The van der Waals surface area contributed by atoms with E-state index in [9.17, 15) is 4.79 Å². The van der Waals surface area contributed by atoms with Gasteiger partial charge >= 0.3 is 6.16 Å². The number of cyclic esters (lactones) is 2. The lowest BCUT2D eigenvalue weighted by Crippen LogP contribution is -2.19. The smallest absolute Gasteiger partial charge is 0.425 e. The predicted octanol–water partition coefficient (Wildman–Crippen LogP) is 2.80. The Kier molecular flexibility index (Phi) is 2.23. The molecule has 0 saturated carbocycles. The number of ether oxygens (including phenoxy) is 2. The molecule has 0 radical (unpaired) electrons. The third-order valence-electron chi connectivity index (χ3n) is 2.05. The molecule has 3 heteroatoms. The molecule has 1 aliphatic rings. The Balaban J connectivity index is 2.19. The van der Waals surface area contributed by atoms with Gasteiger partial charge in [0.2, 0.25) is 0 Å². The van der Waals surface area contributed by atoms with Crippen LogP contribution in [-0.4, -0.2) is 6.16 Å². The first-order valence-electron chi connectivity index (χ1n) is 4.37. The van der Waals surface area contributed by atoms with E-state index in [0.29, 0.717) is 12.2 Å². The van der Waals surface area contributed by atoms with Gasteiger partial charge in [0.1, 0.15) is 11.9 Å². The van der Waals surface area contributed by atoms with Crippen LogP contribution in [0, 0.1) is 0 Å². The van der Waals surface area contributed by atoms with Gasteiger partial charge in [-0.3, -0.25) is 0 Å². The summed E-state index contributed by atoms with van der Waals surface area (Å²) in [5, 5.41) is 0. The molecule has 1 fully saturated rings. The summed E-state index contributed by atoms with van der Waals surface area (Å²) in [4.78, 5) is 11.0. The van der Waals surface area contributed by atoms with Crippen LogP contribution in [0.2, 0.25) is 0 Å². The van der Waals surface area contributed by atoms with E-state index in [0.717, 1.165) is 5.56 Å². The van der Waals surface area contributed by atoms with Crippen LogP contribution in [0.1, 0.15) is 18.1 Å². The minimum absolute atomic E-state index is 0.259. The fraction of sp³-hybridized carbons (Fsp3) is 0.182. The number of hydrogen-bond donors (Lipinski definition) is 0. The lowest BCUT2D eigenvalue weighted by Gasteiger charge is -2.23. The molecule has 2 rings (SSSR count). The van der Waals surface area contributed by atoms with Crippen molar-refractivity contribution in [2.75, 3.05) is 0 Å². The molecule has 1 aliphatic heterocycles. The molecule has 1 saturated heterocycles. The highest BCUT2D eigenvalue weighted by atomic mass is 16.7. The predicted molar refractivity (Wildman–Crippen MR) is 50.5 cm³/mol. The lowest BCUT2D eigenvalue weighted by atomic mass is 10.1. The van der Waals surface area contributed by atoms with E-state index in [4.69, 9.17) is 4.74 Å². The minimum atomic E-state index is -0.671. The van der Waals surface area contributed by atoms with Crippen molar-refractivity contribution in [1.29, 1.82) is 0 Å². The van der Waals surface area contributed by atoms with Crippen molar-refractivity contribution in [1.82, 2.24) is 0 Å². The number of hydrogen-bond acceptors (Lipinski definition) is 3. The van der Waals surface area contributed by atoms with Crippen molar-refractivity contribution in [3.63, 3.8) is 0 Å². The summed E-state index contributed by atoms with van der Waals surface area (Å²) >= 11 is 0. The van der Waals surface area contributed by atoms with Gasteiger partial charge in [-0.25, -0.2) is 4.79 Å². The van der Waals surface area contributed by atoms with Gasteiger partial charge in [0.05, 0.1) is 0 Å². The second kappa shape index (κ2) is 3.54. The van der Waals surface area contributed by atoms with Gasteiger partial charge in [0.15, 0.2) is 0 Å². The zero-order valence-electron chi connectivity index (χ0n) is 7.60. The van der Waals surface area contributed by atoms with Crippen molar-refractivity contribution >= 4 is 6.16 Å². The van der Waals surface area contributed by atoms with Crippen LogP contribution >= 0.6 is 0 Å². The number of carbonyl (C=O) groups excluding carboxylic acids is 1. The fourth-order valence-corrected chi connectivity index (χ4v) is 1.40. The Bertz CT molecular complexity index is 340. The normalized spacial score (nSPS) is 21.3. The van der Waals surface area contributed by atoms with E-state index in [-0.39, 0.29) is 6.10 Å². The zero-order chi connectivity index (χ0) is 9.97. The molecule has 72 valence electrons. The summed E-state index contributed by atoms with van der Waals surface area (Å²) in [7, 11) is 0. The average Bonchev–Trinajstić information content (AvgIpc) is 2.18. The summed E-state index contributed by atoms with van der Waals surface area (Å²) in [5.41, 5.74) is 0.963. The molecule has 3 nitrogen and oxygen atoms in total. The standard InChI is InChI=1S/C11H10O3/c1-8-7-10(14-11(12)13-8)9-5-3-2-4-6-9/h2-6,10H,1,7H2/t10-/m0/s1. The van der Waals surface area contributed by atoms with Crippen molar-refractivity contribution in [3.05, 3.63) is 48.2 Å². The maximum Gasteiger partial charge on any atom is 0.514 e. The molecular formula is C11H10O3. The summed E-state index contributed by atoms with van der Waals surface area (Å²) < 4.78 is 9.70. The highest BCUT2D eigenvalue weighted by molar-refractivity contribution is 5.63. The Morgan fingerprint density at radius 1 is 1.29 bits per heavy atom. The number of benzene rings is 1. The highest BCUT2D eigenvalue weighted by Gasteiger charge is 2.25. The Morgan fingerprint density at radius 2 is 2.00 bits per heavy atom. The van der Waals surface area contributed by atoms with E-state index < -0.39 is 6.16 Å². The zero-order valence-corrected chi connectivity index (χ0v) is 7.60. The van der Waals surface area contributed by atoms with Gasteiger partial charge in [-0.1, -0.05) is 36.9 Å². The van der Waals surface area contributed by atoms with Gasteiger partial charge in [-0.2, -0.15) is 0 Å². The molecule has 1 heterocycles. The second-order valence-corrected chi connectivity index (χ2v) is 3.11. The minimum Gasteiger partial charge on any atom is -0.425 e. The van der Waals surface area contributed by atoms with E-state index in [2.05, 4.69) is 11.3 Å². The summed E-state index contributed by atoms with van der Waals surface area (Å²) in [6.07, 6.45) is -0.407. The van der Waals surface area contributed by atoms with E-state index >= 15 is 0 Å².